The van der Waals surface area contributed by atoms with Gasteiger partial charge in [0.05, 0.1) is 17.8 Å². The lowest BCUT2D eigenvalue weighted by atomic mass is 10.2. The van der Waals surface area contributed by atoms with Gasteiger partial charge in [-0.15, -0.1) is 11.3 Å². The van der Waals surface area contributed by atoms with Crippen molar-refractivity contribution in [2.75, 3.05) is 0 Å². The van der Waals surface area contributed by atoms with Crippen LogP contribution >= 0.6 is 11.3 Å². The predicted molar refractivity (Wildman–Crippen MR) is 80.6 cm³/mol. The number of hydrogen-bond donors (Lipinski definition) is 1. The molecule has 20 heavy (non-hydrogen) atoms. The molecule has 0 aliphatic rings. The monoisotopic (exact) mass is 285 g/mol. The molecule has 1 atom stereocenters. The Labute approximate surface area is 121 Å². The van der Waals surface area contributed by atoms with Crippen LogP contribution in [0.4, 0.5) is 0 Å². The average Bonchev–Trinajstić information content (AvgIpc) is 3.09. The molecule has 1 amide bonds. The maximum Gasteiger partial charge on any atom is 0.242 e. The summed E-state index contributed by atoms with van der Waals surface area (Å²) in [6.07, 6.45) is 1.78. The van der Waals surface area contributed by atoms with Gasteiger partial charge in [0.25, 0.3) is 0 Å². The molecule has 2 aromatic heterocycles. The smallest absolute Gasteiger partial charge is 0.242 e. The first-order valence-electron chi connectivity index (χ1n) is 6.47. The number of nitrogens with one attached hydrogen (secondary N) is 1. The van der Waals surface area contributed by atoms with Crippen molar-refractivity contribution in [2.45, 2.75) is 19.5 Å². The van der Waals surface area contributed by atoms with Crippen LogP contribution in [0.15, 0.2) is 48.0 Å². The van der Waals surface area contributed by atoms with Gasteiger partial charge < -0.3 is 5.32 Å². The molecule has 5 heteroatoms. The number of rotatable bonds is 4. The molecule has 0 fully saturated rings. The fourth-order valence-electron chi connectivity index (χ4n) is 2.18. The molecule has 2 heterocycles. The number of benzene rings is 1. The summed E-state index contributed by atoms with van der Waals surface area (Å²) >= 11 is 1.65. The minimum atomic E-state index is -0.0280. The summed E-state index contributed by atoms with van der Waals surface area (Å²) in [6, 6.07) is 11.9. The number of carbonyl (C=O) groups excluding carboxylic acids is 1. The maximum absolute atomic E-state index is 12.1. The van der Waals surface area contributed by atoms with Gasteiger partial charge in [-0.2, -0.15) is 5.10 Å². The molecule has 3 aromatic rings. The van der Waals surface area contributed by atoms with Crippen molar-refractivity contribution in [3.05, 3.63) is 52.9 Å². The number of amides is 1. The quantitative estimate of drug-likeness (QED) is 0.801. The highest BCUT2D eigenvalue weighted by Crippen LogP contribution is 2.18. The highest BCUT2D eigenvalue weighted by atomic mass is 32.1. The summed E-state index contributed by atoms with van der Waals surface area (Å²) in [6.45, 7) is 2.23. The summed E-state index contributed by atoms with van der Waals surface area (Å²) < 4.78 is 1.73. The van der Waals surface area contributed by atoms with Crippen LogP contribution in [0.2, 0.25) is 0 Å². The van der Waals surface area contributed by atoms with Crippen molar-refractivity contribution in [3.63, 3.8) is 0 Å². The molecule has 0 aliphatic carbocycles. The molecule has 0 saturated carbocycles. The Balaban J connectivity index is 1.70. The Morgan fingerprint density at radius 3 is 3.00 bits per heavy atom. The fourth-order valence-corrected chi connectivity index (χ4v) is 2.92. The maximum atomic E-state index is 12.1. The van der Waals surface area contributed by atoms with Crippen LogP contribution < -0.4 is 5.32 Å². The minimum absolute atomic E-state index is 0.0280. The molecule has 4 nitrogen and oxygen atoms in total. The molecule has 0 bridgehead atoms. The summed E-state index contributed by atoms with van der Waals surface area (Å²) in [5.74, 6) is -0.0280. The van der Waals surface area contributed by atoms with Crippen LogP contribution in [0.25, 0.3) is 10.9 Å². The van der Waals surface area contributed by atoms with Crippen molar-refractivity contribution in [3.8, 4) is 0 Å². The molecule has 1 aromatic carbocycles. The molecule has 0 unspecified atom stereocenters. The number of para-hydroxylation sites is 1. The third-order valence-corrected chi connectivity index (χ3v) is 4.25. The van der Waals surface area contributed by atoms with Crippen molar-refractivity contribution in [1.82, 2.24) is 15.1 Å². The van der Waals surface area contributed by atoms with Gasteiger partial charge in [0.15, 0.2) is 0 Å². The van der Waals surface area contributed by atoms with Gasteiger partial charge in [0.1, 0.15) is 6.54 Å². The summed E-state index contributed by atoms with van der Waals surface area (Å²) in [7, 11) is 0. The second-order valence-corrected chi connectivity index (χ2v) is 5.64. The van der Waals surface area contributed by atoms with E-state index >= 15 is 0 Å². The number of fused-ring (bicyclic) bond motifs is 1. The molecule has 0 spiro atoms. The van der Waals surface area contributed by atoms with E-state index in [1.807, 2.05) is 48.7 Å². The van der Waals surface area contributed by atoms with Crippen molar-refractivity contribution < 1.29 is 4.79 Å². The Bertz CT molecular complexity index is 718. The summed E-state index contributed by atoms with van der Waals surface area (Å²) in [4.78, 5) is 13.2. The Hall–Kier alpha value is -2.14. The van der Waals surface area contributed by atoms with Crippen LogP contribution in [0.5, 0.6) is 0 Å². The van der Waals surface area contributed by atoms with Gasteiger partial charge >= 0.3 is 0 Å². The first-order valence-corrected chi connectivity index (χ1v) is 7.35. The Morgan fingerprint density at radius 2 is 2.20 bits per heavy atom. The van der Waals surface area contributed by atoms with E-state index in [1.54, 1.807) is 22.2 Å². The first kappa shape index (κ1) is 12.9. The van der Waals surface area contributed by atoms with Crippen LogP contribution in [-0.2, 0) is 11.3 Å². The van der Waals surface area contributed by atoms with E-state index in [-0.39, 0.29) is 18.5 Å². The first-order chi connectivity index (χ1) is 9.74. The summed E-state index contributed by atoms with van der Waals surface area (Å²) in [5.41, 5.74) is 0.978. The third-order valence-electron chi connectivity index (χ3n) is 3.19. The van der Waals surface area contributed by atoms with E-state index < -0.39 is 0 Å². The zero-order valence-electron chi connectivity index (χ0n) is 11.1. The Morgan fingerprint density at radius 1 is 1.35 bits per heavy atom. The number of carbonyl (C=O) groups is 1. The van der Waals surface area contributed by atoms with Gasteiger partial charge in [-0.05, 0) is 24.4 Å². The predicted octanol–water partition coefficient (Wildman–Crippen LogP) is 2.98. The highest BCUT2D eigenvalue weighted by Gasteiger charge is 2.12. The SMILES string of the molecule is C[C@H](NC(=O)Cn1ncc2ccccc21)c1cccs1. The van der Waals surface area contributed by atoms with Crippen LogP contribution in [-0.4, -0.2) is 15.7 Å². The molecule has 0 saturated heterocycles. The minimum Gasteiger partial charge on any atom is -0.347 e. The standard InChI is InChI=1S/C15H15N3OS/c1-11(14-7-4-8-20-14)17-15(19)10-18-13-6-3-2-5-12(13)9-16-18/h2-9,11H,10H2,1H3,(H,17,19)/t11-/m0/s1. The topological polar surface area (TPSA) is 46.9 Å². The van der Waals surface area contributed by atoms with E-state index in [2.05, 4.69) is 10.4 Å². The van der Waals surface area contributed by atoms with Gasteiger partial charge in [-0.3, -0.25) is 9.48 Å². The van der Waals surface area contributed by atoms with E-state index in [9.17, 15) is 4.79 Å². The fraction of sp³-hybridized carbons (Fsp3) is 0.200. The molecule has 1 N–H and O–H groups in total. The van der Waals surface area contributed by atoms with Gasteiger partial charge in [0, 0.05) is 10.3 Å². The summed E-state index contributed by atoms with van der Waals surface area (Å²) in [5, 5.41) is 10.3. The molecule has 102 valence electrons. The largest absolute Gasteiger partial charge is 0.347 e. The van der Waals surface area contributed by atoms with E-state index in [4.69, 9.17) is 0 Å². The number of hydrogen-bond acceptors (Lipinski definition) is 3. The lowest BCUT2D eigenvalue weighted by Gasteiger charge is -2.12. The number of thiophene rings is 1. The van der Waals surface area contributed by atoms with Crippen LogP contribution in [0.1, 0.15) is 17.8 Å². The van der Waals surface area contributed by atoms with Crippen LogP contribution in [0.3, 0.4) is 0 Å². The zero-order valence-corrected chi connectivity index (χ0v) is 11.9. The second kappa shape index (κ2) is 5.46. The van der Waals surface area contributed by atoms with Gasteiger partial charge in [-0.25, -0.2) is 0 Å². The molecule has 3 rings (SSSR count). The average molecular weight is 285 g/mol. The normalized spacial score (nSPS) is 12.4. The lowest BCUT2D eigenvalue weighted by molar-refractivity contribution is -0.122. The second-order valence-electron chi connectivity index (χ2n) is 4.67. The van der Waals surface area contributed by atoms with Gasteiger partial charge in [0.2, 0.25) is 5.91 Å². The molecular formula is C15H15N3OS. The molecular weight excluding hydrogens is 270 g/mol. The van der Waals surface area contributed by atoms with E-state index in [0.717, 1.165) is 15.8 Å². The third kappa shape index (κ3) is 2.58. The Kier molecular flexibility index (Phi) is 3.52. The van der Waals surface area contributed by atoms with Crippen molar-refractivity contribution >= 4 is 28.1 Å². The van der Waals surface area contributed by atoms with Crippen molar-refractivity contribution in [1.29, 1.82) is 0 Å². The van der Waals surface area contributed by atoms with E-state index in [0.29, 0.717) is 0 Å². The highest BCUT2D eigenvalue weighted by molar-refractivity contribution is 7.10. The van der Waals surface area contributed by atoms with Gasteiger partial charge in [-0.1, -0.05) is 24.3 Å². The van der Waals surface area contributed by atoms with E-state index in [1.165, 1.54) is 0 Å². The molecule has 0 aliphatic heterocycles. The number of nitrogens with zero attached hydrogens (tertiary/aromatic N) is 2. The number of aromatic nitrogens is 2. The molecule has 0 radical (unpaired) electrons. The zero-order chi connectivity index (χ0) is 13.9. The van der Waals surface area contributed by atoms with Crippen molar-refractivity contribution in [2.24, 2.45) is 0 Å². The van der Waals surface area contributed by atoms with Crippen LogP contribution in [0, 0.1) is 0 Å². The lowest BCUT2D eigenvalue weighted by Crippen LogP contribution is -2.30.